The molecule has 0 saturated heterocycles. The van der Waals surface area contributed by atoms with E-state index in [1.54, 1.807) is 6.20 Å². The van der Waals surface area contributed by atoms with Crippen LogP contribution in [0.1, 0.15) is 19.4 Å². The lowest BCUT2D eigenvalue weighted by Crippen LogP contribution is -2.34. The van der Waals surface area contributed by atoms with Crippen LogP contribution in [0.25, 0.3) is 0 Å². The van der Waals surface area contributed by atoms with Gasteiger partial charge in [0.05, 0.1) is 11.9 Å². The van der Waals surface area contributed by atoms with Crippen LogP contribution in [-0.2, 0) is 6.42 Å². The Morgan fingerprint density at radius 2 is 1.91 bits per heavy atom. The van der Waals surface area contributed by atoms with Gasteiger partial charge in [-0.3, -0.25) is 0 Å². The van der Waals surface area contributed by atoms with Crippen molar-refractivity contribution < 1.29 is 4.79 Å². The molecule has 0 spiro atoms. The van der Waals surface area contributed by atoms with E-state index >= 15 is 0 Å². The van der Waals surface area contributed by atoms with Gasteiger partial charge in [-0.2, -0.15) is 0 Å². The molecule has 0 atom stereocenters. The number of rotatable bonds is 6. The van der Waals surface area contributed by atoms with E-state index in [1.807, 2.05) is 50.2 Å². The van der Waals surface area contributed by atoms with Crippen molar-refractivity contribution in [2.45, 2.75) is 26.3 Å². The molecule has 6 heteroatoms. The highest BCUT2D eigenvalue weighted by Crippen LogP contribution is 2.12. The Kier molecular flexibility index (Phi) is 6.23. The molecule has 3 N–H and O–H groups in total. The van der Waals surface area contributed by atoms with Crippen LogP contribution in [0.4, 0.5) is 16.3 Å². The maximum Gasteiger partial charge on any atom is 0.319 e. The van der Waals surface area contributed by atoms with Crippen LogP contribution >= 0.6 is 11.6 Å². The number of nitrogens with one attached hydrogen (secondary N) is 3. The van der Waals surface area contributed by atoms with Crippen LogP contribution in [-0.4, -0.2) is 23.6 Å². The fraction of sp³-hybridized carbons (Fsp3) is 0.294. The van der Waals surface area contributed by atoms with Crippen LogP contribution in [0, 0.1) is 0 Å². The summed E-state index contributed by atoms with van der Waals surface area (Å²) in [6.07, 6.45) is 2.51. The van der Waals surface area contributed by atoms with Gasteiger partial charge >= 0.3 is 6.03 Å². The van der Waals surface area contributed by atoms with Crippen molar-refractivity contribution in [1.29, 1.82) is 0 Å². The highest BCUT2D eigenvalue weighted by atomic mass is 35.5. The Balaban J connectivity index is 1.78. The van der Waals surface area contributed by atoms with Gasteiger partial charge in [-0.1, -0.05) is 23.7 Å². The average Bonchev–Trinajstić information content (AvgIpc) is 2.50. The largest absolute Gasteiger partial charge is 0.370 e. The number of hydrogen-bond donors (Lipinski definition) is 3. The van der Waals surface area contributed by atoms with Crippen LogP contribution in [0.15, 0.2) is 42.6 Å². The third kappa shape index (κ3) is 6.16. The second kappa shape index (κ2) is 8.39. The molecule has 1 aromatic heterocycles. The SMILES string of the molecule is CC(C)NC(=O)Nc1ccc(NCCc2ccc(Cl)cc2)nc1. The monoisotopic (exact) mass is 332 g/mol. The fourth-order valence-electron chi connectivity index (χ4n) is 1.99. The Hall–Kier alpha value is -2.27. The number of pyridine rings is 1. The van der Waals surface area contributed by atoms with Crippen LogP contribution in [0.2, 0.25) is 5.02 Å². The number of halogens is 1. The van der Waals surface area contributed by atoms with Crippen molar-refractivity contribution in [2.24, 2.45) is 0 Å². The first-order valence-electron chi connectivity index (χ1n) is 7.55. The summed E-state index contributed by atoms with van der Waals surface area (Å²) in [6, 6.07) is 11.3. The summed E-state index contributed by atoms with van der Waals surface area (Å²) < 4.78 is 0. The second-order valence-corrected chi connectivity index (χ2v) is 5.92. The normalized spacial score (nSPS) is 10.4. The van der Waals surface area contributed by atoms with E-state index in [4.69, 9.17) is 11.6 Å². The molecule has 122 valence electrons. The van der Waals surface area contributed by atoms with Gasteiger partial charge < -0.3 is 16.0 Å². The Bertz CT molecular complexity index is 626. The van der Waals surface area contributed by atoms with Gasteiger partial charge in [0.1, 0.15) is 5.82 Å². The maximum atomic E-state index is 11.6. The van der Waals surface area contributed by atoms with Gasteiger partial charge in [0.25, 0.3) is 0 Å². The molecule has 2 aromatic rings. The van der Waals surface area contributed by atoms with Gasteiger partial charge in [0.15, 0.2) is 0 Å². The maximum absolute atomic E-state index is 11.6. The van der Waals surface area contributed by atoms with Crippen molar-refractivity contribution in [3.05, 3.63) is 53.2 Å². The molecule has 0 unspecified atom stereocenters. The molecule has 0 aliphatic carbocycles. The number of benzene rings is 1. The summed E-state index contributed by atoms with van der Waals surface area (Å²) >= 11 is 5.86. The predicted octanol–water partition coefficient (Wildman–Crippen LogP) is 3.92. The van der Waals surface area contributed by atoms with Crippen LogP contribution < -0.4 is 16.0 Å². The lowest BCUT2D eigenvalue weighted by molar-refractivity contribution is 0.250. The van der Waals surface area contributed by atoms with Gasteiger partial charge in [-0.15, -0.1) is 0 Å². The van der Waals surface area contributed by atoms with Gasteiger partial charge in [0.2, 0.25) is 0 Å². The van der Waals surface area contributed by atoms with Crippen molar-refractivity contribution in [3.63, 3.8) is 0 Å². The highest BCUT2D eigenvalue weighted by molar-refractivity contribution is 6.30. The van der Waals surface area contributed by atoms with E-state index in [1.165, 1.54) is 5.56 Å². The van der Waals surface area contributed by atoms with Crippen molar-refractivity contribution in [2.75, 3.05) is 17.2 Å². The minimum atomic E-state index is -0.231. The van der Waals surface area contributed by atoms with Gasteiger partial charge in [-0.25, -0.2) is 9.78 Å². The van der Waals surface area contributed by atoms with E-state index in [0.29, 0.717) is 5.69 Å². The molecule has 2 amide bonds. The van der Waals surface area contributed by atoms with E-state index in [2.05, 4.69) is 20.9 Å². The van der Waals surface area contributed by atoms with E-state index in [-0.39, 0.29) is 12.1 Å². The third-order valence-electron chi connectivity index (χ3n) is 3.07. The number of nitrogens with zero attached hydrogens (tertiary/aromatic N) is 1. The topological polar surface area (TPSA) is 66.1 Å². The minimum absolute atomic E-state index is 0.0942. The molecular formula is C17H21ClN4O. The molecule has 0 bridgehead atoms. The van der Waals surface area contributed by atoms with Gasteiger partial charge in [0, 0.05) is 17.6 Å². The quantitative estimate of drug-likeness (QED) is 0.751. The Labute approximate surface area is 141 Å². The van der Waals surface area contributed by atoms with Crippen LogP contribution in [0.5, 0.6) is 0 Å². The summed E-state index contributed by atoms with van der Waals surface area (Å²) in [5.74, 6) is 0.772. The lowest BCUT2D eigenvalue weighted by Gasteiger charge is -2.10. The molecule has 1 aromatic carbocycles. The van der Waals surface area contributed by atoms with Crippen molar-refractivity contribution >= 4 is 29.1 Å². The zero-order valence-corrected chi connectivity index (χ0v) is 14.0. The van der Waals surface area contributed by atoms with Crippen molar-refractivity contribution in [3.8, 4) is 0 Å². The summed E-state index contributed by atoms with van der Waals surface area (Å²) in [6.45, 7) is 4.59. The summed E-state index contributed by atoms with van der Waals surface area (Å²) in [5, 5.41) is 9.49. The molecule has 0 aliphatic heterocycles. The molecule has 0 saturated carbocycles. The standard InChI is InChI=1S/C17H21ClN4O/c1-12(2)21-17(23)22-15-7-8-16(20-11-15)19-10-9-13-3-5-14(18)6-4-13/h3-8,11-12H,9-10H2,1-2H3,(H,19,20)(H2,21,22,23). The lowest BCUT2D eigenvalue weighted by atomic mass is 10.1. The molecule has 0 radical (unpaired) electrons. The first-order chi connectivity index (χ1) is 11.0. The van der Waals surface area contributed by atoms with Gasteiger partial charge in [-0.05, 0) is 50.1 Å². The zero-order valence-electron chi connectivity index (χ0n) is 13.3. The molecule has 5 nitrogen and oxygen atoms in total. The molecule has 0 fully saturated rings. The smallest absolute Gasteiger partial charge is 0.319 e. The van der Waals surface area contributed by atoms with E-state index < -0.39 is 0 Å². The molecular weight excluding hydrogens is 312 g/mol. The fourth-order valence-corrected chi connectivity index (χ4v) is 2.11. The number of urea groups is 1. The third-order valence-corrected chi connectivity index (χ3v) is 3.33. The number of carbonyl (C=O) groups is 1. The Morgan fingerprint density at radius 1 is 1.17 bits per heavy atom. The Morgan fingerprint density at radius 3 is 2.52 bits per heavy atom. The molecule has 1 heterocycles. The molecule has 2 rings (SSSR count). The first-order valence-corrected chi connectivity index (χ1v) is 7.92. The molecule has 0 aliphatic rings. The number of carbonyl (C=O) groups excluding carboxylic acids is 1. The average molecular weight is 333 g/mol. The number of hydrogen-bond acceptors (Lipinski definition) is 3. The minimum Gasteiger partial charge on any atom is -0.370 e. The number of anilines is 2. The molecule has 23 heavy (non-hydrogen) atoms. The second-order valence-electron chi connectivity index (χ2n) is 5.49. The highest BCUT2D eigenvalue weighted by Gasteiger charge is 2.03. The van der Waals surface area contributed by atoms with E-state index in [9.17, 15) is 4.79 Å². The van der Waals surface area contributed by atoms with E-state index in [0.717, 1.165) is 23.8 Å². The van der Waals surface area contributed by atoms with Crippen LogP contribution in [0.3, 0.4) is 0 Å². The number of aromatic nitrogens is 1. The van der Waals surface area contributed by atoms with Crippen molar-refractivity contribution in [1.82, 2.24) is 10.3 Å². The summed E-state index contributed by atoms with van der Waals surface area (Å²) in [5.41, 5.74) is 1.87. The predicted molar refractivity (Wildman–Crippen MR) is 95.2 cm³/mol. The number of amides is 2. The summed E-state index contributed by atoms with van der Waals surface area (Å²) in [7, 11) is 0. The first kappa shape index (κ1) is 17.1. The zero-order chi connectivity index (χ0) is 16.7. The summed E-state index contributed by atoms with van der Waals surface area (Å²) in [4.78, 5) is 15.9.